The highest BCUT2D eigenvalue weighted by atomic mass is 16.1. The summed E-state index contributed by atoms with van der Waals surface area (Å²) in [7, 11) is 0. The minimum absolute atomic E-state index is 0.113. The molecule has 0 aromatic carbocycles. The Balaban J connectivity index is 2.44. The van der Waals surface area contributed by atoms with Gasteiger partial charge in [-0.15, -0.1) is 6.58 Å². The Kier molecular flexibility index (Phi) is 6.41. The van der Waals surface area contributed by atoms with Crippen molar-refractivity contribution in [2.24, 2.45) is 17.8 Å². The molecule has 1 aliphatic carbocycles. The first-order valence-electron chi connectivity index (χ1n) is 7.15. The molecule has 18 heavy (non-hydrogen) atoms. The van der Waals surface area contributed by atoms with Crippen LogP contribution in [0.3, 0.4) is 0 Å². The van der Waals surface area contributed by atoms with Gasteiger partial charge in [-0.3, -0.25) is 4.79 Å². The van der Waals surface area contributed by atoms with Gasteiger partial charge in [0.25, 0.3) is 0 Å². The summed E-state index contributed by atoms with van der Waals surface area (Å²) in [5.74, 6) is 2.11. The van der Waals surface area contributed by atoms with Crippen molar-refractivity contribution in [3.05, 3.63) is 12.7 Å². The molecule has 0 aromatic heterocycles. The zero-order chi connectivity index (χ0) is 13.5. The Morgan fingerprint density at radius 2 is 2.17 bits per heavy atom. The van der Waals surface area contributed by atoms with Crippen LogP contribution in [0.15, 0.2) is 12.7 Å². The minimum atomic E-state index is 0.113. The van der Waals surface area contributed by atoms with Gasteiger partial charge >= 0.3 is 0 Å². The summed E-state index contributed by atoms with van der Waals surface area (Å²) in [5.41, 5.74) is 0. The van der Waals surface area contributed by atoms with Crippen LogP contribution in [0, 0.1) is 17.8 Å². The minimum Gasteiger partial charge on any atom is -0.352 e. The lowest BCUT2D eigenvalue weighted by Crippen LogP contribution is -2.48. The van der Waals surface area contributed by atoms with E-state index >= 15 is 0 Å². The molecule has 1 saturated carbocycles. The summed E-state index contributed by atoms with van der Waals surface area (Å²) in [6.45, 7) is 11.5. The molecule has 1 aliphatic rings. The number of carbonyl (C=O) groups is 1. The standard InChI is InChI=1S/C15H28N2O/c1-5-8-16-10-15(18)17-14-9-12(4)6-7-13(14)11(2)3/h5,11-14,16H,1,6-10H2,2-4H3,(H,17,18). The van der Waals surface area contributed by atoms with E-state index in [9.17, 15) is 4.79 Å². The van der Waals surface area contributed by atoms with Gasteiger partial charge in [0.05, 0.1) is 6.54 Å². The zero-order valence-electron chi connectivity index (χ0n) is 12.0. The van der Waals surface area contributed by atoms with Crippen molar-refractivity contribution in [2.45, 2.75) is 46.1 Å². The average Bonchev–Trinajstić information content (AvgIpc) is 2.29. The fourth-order valence-corrected chi connectivity index (χ4v) is 2.91. The van der Waals surface area contributed by atoms with Crippen molar-refractivity contribution < 1.29 is 4.79 Å². The maximum Gasteiger partial charge on any atom is 0.234 e. The van der Waals surface area contributed by atoms with Gasteiger partial charge in [0.2, 0.25) is 5.91 Å². The summed E-state index contributed by atoms with van der Waals surface area (Å²) in [6, 6.07) is 0.354. The average molecular weight is 252 g/mol. The Morgan fingerprint density at radius 1 is 1.44 bits per heavy atom. The lowest BCUT2D eigenvalue weighted by atomic mass is 9.74. The largest absolute Gasteiger partial charge is 0.352 e. The van der Waals surface area contributed by atoms with Crippen molar-refractivity contribution in [3.63, 3.8) is 0 Å². The molecule has 3 atom stereocenters. The first kappa shape index (κ1) is 15.2. The van der Waals surface area contributed by atoms with Gasteiger partial charge in [-0.05, 0) is 30.6 Å². The van der Waals surface area contributed by atoms with Crippen molar-refractivity contribution in [1.29, 1.82) is 0 Å². The van der Waals surface area contributed by atoms with Crippen LogP contribution < -0.4 is 10.6 Å². The first-order chi connectivity index (χ1) is 8.54. The molecule has 104 valence electrons. The molecule has 0 aromatic rings. The van der Waals surface area contributed by atoms with E-state index in [0.29, 0.717) is 31.0 Å². The van der Waals surface area contributed by atoms with Gasteiger partial charge in [-0.2, -0.15) is 0 Å². The molecule has 0 heterocycles. The SMILES string of the molecule is C=CCNCC(=O)NC1CC(C)CCC1C(C)C. The molecule has 3 heteroatoms. The van der Waals surface area contributed by atoms with Crippen molar-refractivity contribution in [2.75, 3.05) is 13.1 Å². The Labute approximate surface area is 111 Å². The number of rotatable bonds is 6. The third kappa shape index (κ3) is 4.81. The maximum atomic E-state index is 11.9. The molecule has 0 radical (unpaired) electrons. The van der Waals surface area contributed by atoms with E-state index in [2.05, 4.69) is 38.0 Å². The highest BCUT2D eigenvalue weighted by molar-refractivity contribution is 5.78. The van der Waals surface area contributed by atoms with Gasteiger partial charge in [-0.1, -0.05) is 33.3 Å². The second-order valence-corrected chi connectivity index (χ2v) is 5.92. The number of amides is 1. The molecule has 2 N–H and O–H groups in total. The quantitative estimate of drug-likeness (QED) is 0.563. The third-order valence-corrected chi connectivity index (χ3v) is 3.94. The number of hydrogen-bond acceptors (Lipinski definition) is 2. The van der Waals surface area contributed by atoms with E-state index < -0.39 is 0 Å². The van der Waals surface area contributed by atoms with Crippen LogP contribution >= 0.6 is 0 Å². The summed E-state index contributed by atoms with van der Waals surface area (Å²) >= 11 is 0. The summed E-state index contributed by atoms with van der Waals surface area (Å²) < 4.78 is 0. The summed E-state index contributed by atoms with van der Waals surface area (Å²) in [4.78, 5) is 11.9. The van der Waals surface area contributed by atoms with E-state index in [1.165, 1.54) is 12.8 Å². The predicted molar refractivity (Wildman–Crippen MR) is 76.3 cm³/mol. The molecule has 0 bridgehead atoms. The van der Waals surface area contributed by atoms with Crippen LogP contribution in [0.1, 0.15) is 40.0 Å². The van der Waals surface area contributed by atoms with Crippen LogP contribution in [0.4, 0.5) is 0 Å². The van der Waals surface area contributed by atoms with Crippen molar-refractivity contribution in [3.8, 4) is 0 Å². The molecule has 1 amide bonds. The smallest absolute Gasteiger partial charge is 0.234 e. The number of carbonyl (C=O) groups excluding carboxylic acids is 1. The van der Waals surface area contributed by atoms with Crippen molar-refractivity contribution >= 4 is 5.91 Å². The van der Waals surface area contributed by atoms with Gasteiger partial charge in [0.15, 0.2) is 0 Å². The second kappa shape index (κ2) is 7.57. The third-order valence-electron chi connectivity index (χ3n) is 3.94. The van der Waals surface area contributed by atoms with Crippen LogP contribution in [-0.4, -0.2) is 25.0 Å². The topological polar surface area (TPSA) is 41.1 Å². The molecule has 0 spiro atoms. The Bertz CT molecular complexity index is 276. The van der Waals surface area contributed by atoms with Crippen LogP contribution in [0.5, 0.6) is 0 Å². The van der Waals surface area contributed by atoms with E-state index in [0.717, 1.165) is 12.3 Å². The normalized spacial score (nSPS) is 28.1. The van der Waals surface area contributed by atoms with Crippen molar-refractivity contribution in [1.82, 2.24) is 10.6 Å². The molecular weight excluding hydrogens is 224 g/mol. The van der Waals surface area contributed by atoms with Crippen LogP contribution in [0.2, 0.25) is 0 Å². The van der Waals surface area contributed by atoms with Gasteiger partial charge < -0.3 is 10.6 Å². The van der Waals surface area contributed by atoms with E-state index in [1.54, 1.807) is 6.08 Å². The highest BCUT2D eigenvalue weighted by Gasteiger charge is 2.31. The van der Waals surface area contributed by atoms with Crippen LogP contribution in [-0.2, 0) is 4.79 Å². The Morgan fingerprint density at radius 3 is 2.78 bits per heavy atom. The molecule has 0 saturated heterocycles. The van der Waals surface area contributed by atoms with Gasteiger partial charge in [-0.25, -0.2) is 0 Å². The number of nitrogens with one attached hydrogen (secondary N) is 2. The zero-order valence-corrected chi connectivity index (χ0v) is 12.0. The maximum absolute atomic E-state index is 11.9. The molecule has 3 unspecified atom stereocenters. The molecule has 1 fully saturated rings. The van der Waals surface area contributed by atoms with E-state index in [4.69, 9.17) is 0 Å². The van der Waals surface area contributed by atoms with Crippen LogP contribution in [0.25, 0.3) is 0 Å². The molecule has 0 aliphatic heterocycles. The molecule has 3 nitrogen and oxygen atoms in total. The fraction of sp³-hybridized carbons (Fsp3) is 0.800. The second-order valence-electron chi connectivity index (χ2n) is 5.92. The first-order valence-corrected chi connectivity index (χ1v) is 7.15. The lowest BCUT2D eigenvalue weighted by molar-refractivity contribution is -0.121. The fourth-order valence-electron chi connectivity index (χ4n) is 2.91. The van der Waals surface area contributed by atoms with E-state index in [-0.39, 0.29) is 5.91 Å². The van der Waals surface area contributed by atoms with Gasteiger partial charge in [0.1, 0.15) is 0 Å². The van der Waals surface area contributed by atoms with Gasteiger partial charge in [0, 0.05) is 12.6 Å². The summed E-state index contributed by atoms with van der Waals surface area (Å²) in [6.07, 6.45) is 5.43. The summed E-state index contributed by atoms with van der Waals surface area (Å²) in [5, 5.41) is 6.25. The highest BCUT2D eigenvalue weighted by Crippen LogP contribution is 2.33. The predicted octanol–water partition coefficient (Wildman–Crippen LogP) is 2.34. The molecule has 1 rings (SSSR count). The monoisotopic (exact) mass is 252 g/mol. The van der Waals surface area contributed by atoms with E-state index in [1.807, 2.05) is 0 Å². The Hall–Kier alpha value is -0.830. The number of hydrogen-bond donors (Lipinski definition) is 2. The molecular formula is C15H28N2O. The lowest BCUT2D eigenvalue weighted by Gasteiger charge is -2.37.